The fourth-order valence-corrected chi connectivity index (χ4v) is 1.79. The summed E-state index contributed by atoms with van der Waals surface area (Å²) >= 11 is 0. The van der Waals surface area contributed by atoms with E-state index in [-0.39, 0.29) is 5.69 Å². The fraction of sp³-hybridized carbons (Fsp3) is 0.154. The number of aryl methyl sites for hydroxylation is 1. The minimum Gasteiger partial charge on any atom is -0.476 e. The molecule has 0 fully saturated rings. The first kappa shape index (κ1) is 16.1. The Morgan fingerprint density at radius 1 is 1.26 bits per heavy atom. The molecule has 9 nitrogen and oxygen atoms in total. The highest BCUT2D eigenvalue weighted by atomic mass is 19.1. The number of carboxylic acid groups (broad SMARTS) is 2. The van der Waals surface area contributed by atoms with Crippen LogP contribution in [-0.4, -0.2) is 43.1 Å². The van der Waals surface area contributed by atoms with Crippen LogP contribution in [0.5, 0.6) is 0 Å². The number of anilines is 1. The van der Waals surface area contributed by atoms with Crippen molar-refractivity contribution in [2.45, 2.75) is 13.5 Å². The van der Waals surface area contributed by atoms with Crippen LogP contribution in [0.2, 0.25) is 0 Å². The number of nitrogens with zero attached hydrogens (tertiary/aromatic N) is 3. The number of halogens is 1. The number of hydrogen-bond donors (Lipinski definition) is 3. The number of aromatic carboxylic acids is 2. The van der Waals surface area contributed by atoms with Gasteiger partial charge in [-0.25, -0.2) is 18.7 Å². The predicted molar refractivity (Wildman–Crippen MR) is 73.7 cm³/mol. The smallest absolute Gasteiger partial charge is 0.359 e. The molecule has 0 aliphatic rings. The van der Waals surface area contributed by atoms with E-state index in [1.165, 1.54) is 12.1 Å². The van der Waals surface area contributed by atoms with Crippen LogP contribution in [0.4, 0.5) is 10.1 Å². The van der Waals surface area contributed by atoms with Crippen LogP contribution >= 0.6 is 0 Å². The summed E-state index contributed by atoms with van der Waals surface area (Å²) in [5.41, 5.74) is -0.915. The van der Waals surface area contributed by atoms with E-state index in [0.717, 1.165) is 6.07 Å². The van der Waals surface area contributed by atoms with E-state index in [4.69, 9.17) is 10.2 Å². The molecule has 0 spiro atoms. The first-order valence-corrected chi connectivity index (χ1v) is 6.25. The minimum atomic E-state index is -1.58. The molecule has 0 saturated heterocycles. The molecule has 3 N–H and O–H groups in total. The van der Waals surface area contributed by atoms with E-state index in [0.29, 0.717) is 10.2 Å². The third kappa shape index (κ3) is 3.48. The number of hydrogen-bond acceptors (Lipinski definition) is 5. The average molecular weight is 322 g/mol. The second-order valence-electron chi connectivity index (χ2n) is 4.57. The number of carbonyl (C=O) groups is 3. The van der Waals surface area contributed by atoms with Gasteiger partial charge in [0.25, 0.3) is 0 Å². The van der Waals surface area contributed by atoms with Gasteiger partial charge in [0.2, 0.25) is 11.6 Å². The molecule has 1 aromatic carbocycles. The number of rotatable bonds is 5. The topological polar surface area (TPSA) is 134 Å². The van der Waals surface area contributed by atoms with E-state index >= 15 is 0 Å². The van der Waals surface area contributed by atoms with Crippen molar-refractivity contribution in [1.82, 2.24) is 15.0 Å². The highest BCUT2D eigenvalue weighted by molar-refractivity contribution is 5.99. The molecule has 0 saturated carbocycles. The van der Waals surface area contributed by atoms with Gasteiger partial charge < -0.3 is 15.5 Å². The zero-order valence-electron chi connectivity index (χ0n) is 11.8. The predicted octanol–water partition coefficient (Wildman–Crippen LogP) is 0.761. The normalized spacial score (nSPS) is 10.3. The van der Waals surface area contributed by atoms with Crippen molar-refractivity contribution in [3.05, 3.63) is 41.0 Å². The van der Waals surface area contributed by atoms with E-state index in [2.05, 4.69) is 15.6 Å². The lowest BCUT2D eigenvalue weighted by Gasteiger charge is -2.07. The molecule has 0 bridgehead atoms. The van der Waals surface area contributed by atoms with Crippen molar-refractivity contribution in [1.29, 1.82) is 0 Å². The minimum absolute atomic E-state index is 0.175. The molecule has 0 atom stereocenters. The molecule has 120 valence electrons. The highest BCUT2D eigenvalue weighted by Crippen LogP contribution is 2.14. The molecule has 1 heterocycles. The second kappa shape index (κ2) is 6.22. The Morgan fingerprint density at radius 2 is 1.96 bits per heavy atom. The Balaban J connectivity index is 2.18. The van der Waals surface area contributed by atoms with Gasteiger partial charge in [0.15, 0.2) is 5.69 Å². The Morgan fingerprint density at radius 3 is 2.52 bits per heavy atom. The van der Waals surface area contributed by atoms with Crippen LogP contribution in [0.15, 0.2) is 18.2 Å². The number of benzene rings is 1. The molecular weight excluding hydrogens is 311 g/mol. The third-order valence-electron chi connectivity index (χ3n) is 2.89. The van der Waals surface area contributed by atoms with E-state index in [1.54, 1.807) is 6.92 Å². The van der Waals surface area contributed by atoms with E-state index in [1.807, 2.05) is 0 Å². The van der Waals surface area contributed by atoms with Gasteiger partial charge in [0.05, 0.1) is 0 Å². The van der Waals surface area contributed by atoms with Gasteiger partial charge in [-0.3, -0.25) is 4.79 Å². The van der Waals surface area contributed by atoms with Crippen molar-refractivity contribution in [3.63, 3.8) is 0 Å². The molecule has 0 unspecified atom stereocenters. The Labute approximate surface area is 128 Å². The fourth-order valence-electron chi connectivity index (χ4n) is 1.79. The van der Waals surface area contributed by atoms with E-state index in [9.17, 15) is 18.8 Å². The molecule has 2 aromatic rings. The van der Waals surface area contributed by atoms with Crippen molar-refractivity contribution in [3.8, 4) is 0 Å². The third-order valence-corrected chi connectivity index (χ3v) is 2.89. The molecule has 10 heteroatoms. The van der Waals surface area contributed by atoms with Crippen LogP contribution in [-0.2, 0) is 11.3 Å². The Kier molecular flexibility index (Phi) is 4.35. The summed E-state index contributed by atoms with van der Waals surface area (Å²) < 4.78 is 14.0. The zero-order chi connectivity index (χ0) is 17.1. The quantitative estimate of drug-likeness (QED) is 0.739. The summed E-state index contributed by atoms with van der Waals surface area (Å²) in [5.74, 6) is -4.38. The maximum absolute atomic E-state index is 13.4. The van der Waals surface area contributed by atoms with Gasteiger partial charge in [-0.1, -0.05) is 11.3 Å². The standard InChI is InChI=1S/C13H11FN4O5/c1-6-2-3-7(4-8(6)14)15-9(19)5-18-11(13(22)23)10(12(20)21)16-17-18/h2-4H,5H2,1H3,(H,15,19)(H,20,21)(H,22,23). The van der Waals surface area contributed by atoms with Crippen LogP contribution in [0.3, 0.4) is 0 Å². The Bertz CT molecular complexity index is 802. The zero-order valence-corrected chi connectivity index (χ0v) is 11.8. The lowest BCUT2D eigenvalue weighted by Crippen LogP contribution is -2.23. The van der Waals surface area contributed by atoms with Crippen molar-refractivity contribution >= 4 is 23.5 Å². The molecule has 1 amide bonds. The molecule has 1 aromatic heterocycles. The first-order chi connectivity index (χ1) is 10.8. The molecule has 0 radical (unpaired) electrons. The first-order valence-electron chi connectivity index (χ1n) is 6.25. The number of carboxylic acids is 2. The number of amides is 1. The molecular formula is C13H11FN4O5. The van der Waals surface area contributed by atoms with Gasteiger partial charge in [0, 0.05) is 5.69 Å². The largest absolute Gasteiger partial charge is 0.476 e. The summed E-state index contributed by atoms with van der Waals surface area (Å²) in [6, 6.07) is 4.04. The van der Waals surface area contributed by atoms with Crippen LogP contribution < -0.4 is 5.32 Å². The number of nitrogens with one attached hydrogen (secondary N) is 1. The molecule has 0 aliphatic carbocycles. The molecule has 2 rings (SSSR count). The summed E-state index contributed by atoms with van der Waals surface area (Å²) in [5, 5.41) is 26.8. The van der Waals surface area contributed by atoms with Gasteiger partial charge in [-0.15, -0.1) is 5.10 Å². The van der Waals surface area contributed by atoms with Crippen LogP contribution in [0.25, 0.3) is 0 Å². The maximum Gasteiger partial charge on any atom is 0.359 e. The summed E-state index contributed by atoms with van der Waals surface area (Å²) in [4.78, 5) is 33.8. The lowest BCUT2D eigenvalue weighted by atomic mass is 10.2. The number of carbonyl (C=O) groups excluding carboxylic acids is 1. The van der Waals surface area contributed by atoms with Gasteiger partial charge in [-0.05, 0) is 24.6 Å². The van der Waals surface area contributed by atoms with Gasteiger partial charge in [0.1, 0.15) is 12.4 Å². The molecule has 23 heavy (non-hydrogen) atoms. The average Bonchev–Trinajstić information content (AvgIpc) is 2.86. The van der Waals surface area contributed by atoms with Crippen molar-refractivity contribution < 1.29 is 29.0 Å². The van der Waals surface area contributed by atoms with Crippen LogP contribution in [0, 0.1) is 12.7 Å². The van der Waals surface area contributed by atoms with Gasteiger partial charge >= 0.3 is 11.9 Å². The SMILES string of the molecule is Cc1ccc(NC(=O)Cn2nnc(C(=O)O)c2C(=O)O)cc1F. The monoisotopic (exact) mass is 322 g/mol. The highest BCUT2D eigenvalue weighted by Gasteiger charge is 2.25. The summed E-state index contributed by atoms with van der Waals surface area (Å²) in [7, 11) is 0. The Hall–Kier alpha value is -3.30. The van der Waals surface area contributed by atoms with Crippen LogP contribution in [0.1, 0.15) is 26.5 Å². The molecule has 0 aliphatic heterocycles. The second-order valence-corrected chi connectivity index (χ2v) is 4.57. The van der Waals surface area contributed by atoms with Gasteiger partial charge in [-0.2, -0.15) is 0 Å². The summed E-state index contributed by atoms with van der Waals surface area (Å²) in [6.07, 6.45) is 0. The van der Waals surface area contributed by atoms with Crippen molar-refractivity contribution in [2.75, 3.05) is 5.32 Å². The van der Waals surface area contributed by atoms with E-state index < -0.39 is 41.6 Å². The van der Waals surface area contributed by atoms with Crippen molar-refractivity contribution in [2.24, 2.45) is 0 Å². The summed E-state index contributed by atoms with van der Waals surface area (Å²) in [6.45, 7) is 0.973. The maximum atomic E-state index is 13.4. The number of aromatic nitrogens is 3. The lowest BCUT2D eigenvalue weighted by molar-refractivity contribution is -0.116.